The average Bonchev–Trinajstić information content (AvgIpc) is 2.42. The Kier molecular flexibility index (Phi) is 5.20. The van der Waals surface area contributed by atoms with Crippen LogP contribution in [0.4, 0.5) is 11.4 Å². The zero-order valence-electron chi connectivity index (χ0n) is 10.7. The Morgan fingerprint density at radius 3 is 2.35 bits per heavy atom. The molecule has 0 aliphatic carbocycles. The SMILES string of the molecule is Nc1ccccc1CCC(=O)Nc1c(Br)cccc1Br. The number of para-hydroxylation sites is 2. The Bertz CT molecular complexity index is 609. The van der Waals surface area contributed by atoms with Crippen LogP contribution in [0.1, 0.15) is 12.0 Å². The van der Waals surface area contributed by atoms with Crippen LogP contribution < -0.4 is 11.1 Å². The Morgan fingerprint density at radius 1 is 1.05 bits per heavy atom. The molecule has 0 aliphatic heterocycles. The van der Waals surface area contributed by atoms with Crippen LogP contribution in [-0.4, -0.2) is 5.91 Å². The highest BCUT2D eigenvalue weighted by Crippen LogP contribution is 2.30. The molecular formula is C15H14Br2N2O. The summed E-state index contributed by atoms with van der Waals surface area (Å²) in [5.41, 5.74) is 8.33. The maximum Gasteiger partial charge on any atom is 0.224 e. The predicted molar refractivity (Wildman–Crippen MR) is 89.6 cm³/mol. The van der Waals surface area contributed by atoms with Gasteiger partial charge in [-0.25, -0.2) is 0 Å². The van der Waals surface area contributed by atoms with Crippen LogP contribution in [0.5, 0.6) is 0 Å². The second kappa shape index (κ2) is 6.90. The van der Waals surface area contributed by atoms with Crippen LogP contribution in [-0.2, 0) is 11.2 Å². The lowest BCUT2D eigenvalue weighted by Crippen LogP contribution is -2.13. The highest BCUT2D eigenvalue weighted by Gasteiger charge is 2.09. The van der Waals surface area contributed by atoms with E-state index < -0.39 is 0 Å². The van der Waals surface area contributed by atoms with Crippen molar-refractivity contribution < 1.29 is 4.79 Å². The smallest absolute Gasteiger partial charge is 0.224 e. The van der Waals surface area contributed by atoms with Gasteiger partial charge in [0.05, 0.1) is 5.69 Å². The molecule has 0 atom stereocenters. The summed E-state index contributed by atoms with van der Waals surface area (Å²) in [5, 5.41) is 2.89. The summed E-state index contributed by atoms with van der Waals surface area (Å²) >= 11 is 6.84. The van der Waals surface area contributed by atoms with Gasteiger partial charge >= 0.3 is 0 Å². The van der Waals surface area contributed by atoms with E-state index in [4.69, 9.17) is 5.73 Å². The van der Waals surface area contributed by atoms with Crippen LogP contribution in [0.25, 0.3) is 0 Å². The fourth-order valence-electron chi connectivity index (χ4n) is 1.83. The Morgan fingerprint density at radius 2 is 1.70 bits per heavy atom. The third kappa shape index (κ3) is 3.84. The number of hydrogen-bond acceptors (Lipinski definition) is 2. The van der Waals surface area contributed by atoms with Crippen molar-refractivity contribution in [2.24, 2.45) is 0 Å². The van der Waals surface area contributed by atoms with Crippen LogP contribution in [0, 0.1) is 0 Å². The molecule has 2 aromatic rings. The Hall–Kier alpha value is -1.33. The molecule has 0 radical (unpaired) electrons. The quantitative estimate of drug-likeness (QED) is 0.752. The van der Waals surface area contributed by atoms with Crippen molar-refractivity contribution in [3.8, 4) is 0 Å². The highest BCUT2D eigenvalue weighted by atomic mass is 79.9. The van der Waals surface area contributed by atoms with E-state index in [1.165, 1.54) is 0 Å². The second-order valence-electron chi connectivity index (χ2n) is 4.34. The van der Waals surface area contributed by atoms with Crippen molar-refractivity contribution in [2.45, 2.75) is 12.8 Å². The number of rotatable bonds is 4. The van der Waals surface area contributed by atoms with Crippen molar-refractivity contribution in [2.75, 3.05) is 11.1 Å². The lowest BCUT2D eigenvalue weighted by molar-refractivity contribution is -0.116. The molecule has 3 nitrogen and oxygen atoms in total. The van der Waals surface area contributed by atoms with E-state index in [9.17, 15) is 4.79 Å². The van der Waals surface area contributed by atoms with E-state index in [2.05, 4.69) is 37.2 Å². The topological polar surface area (TPSA) is 55.1 Å². The molecule has 0 aromatic heterocycles. The highest BCUT2D eigenvalue weighted by molar-refractivity contribution is 9.11. The molecular weight excluding hydrogens is 384 g/mol. The first-order chi connectivity index (χ1) is 9.58. The van der Waals surface area contributed by atoms with Gasteiger partial charge in [0.25, 0.3) is 0 Å². The van der Waals surface area contributed by atoms with Gasteiger partial charge in [-0.3, -0.25) is 4.79 Å². The fourth-order valence-corrected chi connectivity index (χ4v) is 3.03. The van der Waals surface area contributed by atoms with E-state index in [0.717, 1.165) is 25.9 Å². The number of carbonyl (C=O) groups excluding carboxylic acids is 1. The van der Waals surface area contributed by atoms with Gasteiger partial charge in [-0.05, 0) is 62.0 Å². The van der Waals surface area contributed by atoms with Crippen LogP contribution >= 0.6 is 31.9 Å². The van der Waals surface area contributed by atoms with Crippen molar-refractivity contribution in [1.29, 1.82) is 0 Å². The minimum absolute atomic E-state index is 0.0409. The summed E-state index contributed by atoms with van der Waals surface area (Å²) in [5.74, 6) is -0.0409. The van der Waals surface area contributed by atoms with Crippen molar-refractivity contribution in [1.82, 2.24) is 0 Å². The largest absolute Gasteiger partial charge is 0.399 e. The molecule has 1 amide bonds. The first kappa shape index (κ1) is 15.1. The molecule has 2 aromatic carbocycles. The monoisotopic (exact) mass is 396 g/mol. The first-order valence-electron chi connectivity index (χ1n) is 6.15. The normalized spacial score (nSPS) is 10.3. The van der Waals surface area contributed by atoms with E-state index in [1.54, 1.807) is 0 Å². The van der Waals surface area contributed by atoms with E-state index in [0.29, 0.717) is 12.8 Å². The van der Waals surface area contributed by atoms with Gasteiger partial charge in [0, 0.05) is 21.1 Å². The van der Waals surface area contributed by atoms with Crippen molar-refractivity contribution in [3.05, 3.63) is 57.0 Å². The molecule has 0 aliphatic rings. The summed E-state index contributed by atoms with van der Waals surface area (Å²) in [4.78, 5) is 12.0. The summed E-state index contributed by atoms with van der Waals surface area (Å²) in [7, 11) is 0. The number of amides is 1. The van der Waals surface area contributed by atoms with Gasteiger partial charge in [-0.1, -0.05) is 24.3 Å². The summed E-state index contributed by atoms with van der Waals surface area (Å²) in [6, 6.07) is 13.3. The lowest BCUT2D eigenvalue weighted by Gasteiger charge is -2.10. The molecule has 0 fully saturated rings. The molecule has 3 N–H and O–H groups in total. The average molecular weight is 398 g/mol. The maximum atomic E-state index is 12.0. The number of nitrogens with one attached hydrogen (secondary N) is 1. The molecule has 0 saturated heterocycles. The summed E-state index contributed by atoms with van der Waals surface area (Å²) in [6.07, 6.45) is 1.02. The van der Waals surface area contributed by atoms with Gasteiger partial charge in [0.1, 0.15) is 0 Å². The minimum Gasteiger partial charge on any atom is -0.399 e. The number of anilines is 2. The zero-order chi connectivity index (χ0) is 14.5. The third-order valence-corrected chi connectivity index (χ3v) is 4.23. The molecule has 2 rings (SSSR count). The Balaban J connectivity index is 1.98. The number of carbonyl (C=O) groups is 1. The third-order valence-electron chi connectivity index (χ3n) is 2.90. The molecule has 0 heterocycles. The van der Waals surface area contributed by atoms with Crippen LogP contribution in [0.2, 0.25) is 0 Å². The number of nitrogens with two attached hydrogens (primary N) is 1. The number of aryl methyl sites for hydroxylation is 1. The predicted octanol–water partition coefficient (Wildman–Crippen LogP) is 4.37. The minimum atomic E-state index is -0.0409. The van der Waals surface area contributed by atoms with E-state index in [1.807, 2.05) is 42.5 Å². The molecule has 0 bridgehead atoms. The van der Waals surface area contributed by atoms with E-state index >= 15 is 0 Å². The number of benzene rings is 2. The lowest BCUT2D eigenvalue weighted by atomic mass is 10.1. The van der Waals surface area contributed by atoms with Crippen LogP contribution in [0.3, 0.4) is 0 Å². The molecule has 0 spiro atoms. The van der Waals surface area contributed by atoms with Gasteiger partial charge in [-0.2, -0.15) is 0 Å². The first-order valence-corrected chi connectivity index (χ1v) is 7.74. The van der Waals surface area contributed by atoms with Crippen molar-refractivity contribution >= 4 is 49.1 Å². The van der Waals surface area contributed by atoms with Crippen LogP contribution in [0.15, 0.2) is 51.4 Å². The molecule has 20 heavy (non-hydrogen) atoms. The number of hydrogen-bond donors (Lipinski definition) is 2. The Labute approximate surface area is 134 Å². The molecule has 0 saturated carbocycles. The number of halogens is 2. The molecule has 104 valence electrons. The second-order valence-corrected chi connectivity index (χ2v) is 6.05. The summed E-state index contributed by atoms with van der Waals surface area (Å²) < 4.78 is 1.69. The van der Waals surface area contributed by atoms with E-state index in [-0.39, 0.29) is 5.91 Å². The zero-order valence-corrected chi connectivity index (χ0v) is 13.9. The summed E-state index contributed by atoms with van der Waals surface area (Å²) in [6.45, 7) is 0. The number of nitrogen functional groups attached to an aromatic ring is 1. The van der Waals surface area contributed by atoms with Gasteiger partial charge in [-0.15, -0.1) is 0 Å². The maximum absolute atomic E-state index is 12.0. The fraction of sp³-hybridized carbons (Fsp3) is 0.133. The molecule has 5 heteroatoms. The standard InChI is InChI=1S/C15H14Br2N2O/c16-11-5-3-6-12(17)15(11)19-14(20)9-8-10-4-1-2-7-13(10)18/h1-7H,8-9,18H2,(H,19,20). The van der Waals surface area contributed by atoms with Gasteiger partial charge < -0.3 is 11.1 Å². The van der Waals surface area contributed by atoms with Gasteiger partial charge in [0.15, 0.2) is 0 Å². The molecule has 0 unspecified atom stereocenters. The van der Waals surface area contributed by atoms with Gasteiger partial charge in [0.2, 0.25) is 5.91 Å². The van der Waals surface area contributed by atoms with Crippen molar-refractivity contribution in [3.63, 3.8) is 0 Å².